The van der Waals surface area contributed by atoms with Crippen LogP contribution in [0.1, 0.15) is 5.56 Å². The maximum atomic E-state index is 5.98. The van der Waals surface area contributed by atoms with E-state index in [9.17, 15) is 0 Å². The molecule has 1 aromatic heterocycles. The van der Waals surface area contributed by atoms with E-state index < -0.39 is 0 Å². The predicted molar refractivity (Wildman–Crippen MR) is 96.6 cm³/mol. The molecule has 0 aliphatic heterocycles. The number of halogens is 1. The molecule has 0 amide bonds. The molecule has 110 valence electrons. The molecule has 3 aromatic rings. The lowest BCUT2D eigenvalue weighted by Gasteiger charge is -2.09. The summed E-state index contributed by atoms with van der Waals surface area (Å²) in [6, 6.07) is 20.5. The van der Waals surface area contributed by atoms with E-state index in [0.29, 0.717) is 0 Å². The average Bonchev–Trinajstić information content (AvgIpc) is 2.55. The second-order valence-corrected chi connectivity index (χ2v) is 6.47. The van der Waals surface area contributed by atoms with E-state index in [2.05, 4.69) is 49.6 Å². The Labute approximate surface area is 140 Å². The van der Waals surface area contributed by atoms with Crippen molar-refractivity contribution in [3.63, 3.8) is 0 Å². The van der Waals surface area contributed by atoms with Gasteiger partial charge in [0.1, 0.15) is 0 Å². The number of aryl methyl sites for hydroxylation is 1. The van der Waals surface area contributed by atoms with Crippen molar-refractivity contribution in [2.75, 3.05) is 6.26 Å². The molecule has 1 heterocycles. The van der Waals surface area contributed by atoms with Crippen molar-refractivity contribution in [2.45, 2.75) is 11.8 Å². The Morgan fingerprint density at radius 2 is 1.32 bits per heavy atom. The lowest BCUT2D eigenvalue weighted by atomic mass is 10.1. The van der Waals surface area contributed by atoms with Crippen LogP contribution in [0.5, 0.6) is 0 Å². The van der Waals surface area contributed by atoms with Gasteiger partial charge < -0.3 is 0 Å². The normalized spacial score (nSPS) is 10.7. The van der Waals surface area contributed by atoms with Crippen LogP contribution in [0.25, 0.3) is 22.5 Å². The molecule has 0 spiro atoms. The summed E-state index contributed by atoms with van der Waals surface area (Å²) in [6.07, 6.45) is 2.08. The van der Waals surface area contributed by atoms with Crippen molar-refractivity contribution in [2.24, 2.45) is 0 Å². The van der Waals surface area contributed by atoms with Gasteiger partial charge in [0.2, 0.25) is 0 Å². The summed E-state index contributed by atoms with van der Waals surface area (Å²) in [4.78, 5) is 6.03. The first-order valence-electron chi connectivity index (χ1n) is 7.05. The van der Waals surface area contributed by atoms with Crippen molar-refractivity contribution in [3.05, 3.63) is 71.2 Å². The third kappa shape index (κ3) is 3.34. The Bertz CT molecular complexity index is 716. The minimum Gasteiger partial charge on any atom is -0.248 e. The summed E-state index contributed by atoms with van der Waals surface area (Å²) < 4.78 is 0. The smallest absolute Gasteiger partial charge is 0.0720 e. The summed E-state index contributed by atoms with van der Waals surface area (Å²) >= 11 is 7.70. The Kier molecular flexibility index (Phi) is 4.51. The predicted octanol–water partition coefficient (Wildman–Crippen LogP) is 6.10. The number of aromatic nitrogens is 1. The lowest BCUT2D eigenvalue weighted by molar-refractivity contribution is 1.26. The van der Waals surface area contributed by atoms with Crippen LogP contribution in [-0.4, -0.2) is 11.2 Å². The van der Waals surface area contributed by atoms with Crippen molar-refractivity contribution in [1.29, 1.82) is 0 Å². The van der Waals surface area contributed by atoms with Crippen LogP contribution >= 0.6 is 23.4 Å². The van der Waals surface area contributed by atoms with Gasteiger partial charge in [-0.1, -0.05) is 53.6 Å². The van der Waals surface area contributed by atoms with Gasteiger partial charge in [-0.15, -0.1) is 11.8 Å². The van der Waals surface area contributed by atoms with Crippen LogP contribution in [0.15, 0.2) is 65.6 Å². The minimum absolute atomic E-state index is 0.739. The van der Waals surface area contributed by atoms with E-state index in [1.54, 1.807) is 11.8 Å². The Morgan fingerprint density at radius 1 is 0.818 bits per heavy atom. The van der Waals surface area contributed by atoms with E-state index in [0.717, 1.165) is 27.5 Å². The van der Waals surface area contributed by atoms with Gasteiger partial charge in [-0.2, -0.15) is 0 Å². The summed E-state index contributed by atoms with van der Waals surface area (Å²) in [6.45, 7) is 2.09. The SMILES string of the molecule is CSc1cc(-c2ccc(C)cc2)nc(-c2ccc(Cl)cc2)c1. The minimum atomic E-state index is 0.739. The molecule has 0 aliphatic carbocycles. The zero-order valence-electron chi connectivity index (χ0n) is 12.5. The van der Waals surface area contributed by atoms with E-state index >= 15 is 0 Å². The van der Waals surface area contributed by atoms with Crippen LogP contribution in [0, 0.1) is 6.92 Å². The van der Waals surface area contributed by atoms with Crippen LogP contribution in [0.3, 0.4) is 0 Å². The quantitative estimate of drug-likeness (QED) is 0.540. The molecule has 0 radical (unpaired) electrons. The molecule has 3 heteroatoms. The first kappa shape index (κ1) is 15.1. The standard InChI is InChI=1S/C19H16ClNS/c1-13-3-5-14(6-4-13)18-11-17(22-2)12-19(21-18)15-7-9-16(20)10-8-15/h3-12H,1-2H3. The molecule has 22 heavy (non-hydrogen) atoms. The topological polar surface area (TPSA) is 12.9 Å². The zero-order chi connectivity index (χ0) is 15.5. The molecule has 0 aliphatic rings. The molecule has 2 aromatic carbocycles. The Balaban J connectivity index is 2.10. The molecular formula is C19H16ClNS. The summed E-state index contributed by atoms with van der Waals surface area (Å²) in [5.74, 6) is 0. The average molecular weight is 326 g/mol. The first-order valence-corrected chi connectivity index (χ1v) is 8.65. The number of nitrogens with zero attached hydrogens (tertiary/aromatic N) is 1. The van der Waals surface area contributed by atoms with Crippen molar-refractivity contribution in [1.82, 2.24) is 4.98 Å². The van der Waals surface area contributed by atoms with Crippen LogP contribution in [0.2, 0.25) is 5.02 Å². The Hall–Kier alpha value is -1.77. The number of pyridine rings is 1. The number of benzene rings is 2. The second kappa shape index (κ2) is 6.55. The molecule has 1 nitrogen and oxygen atoms in total. The number of thioether (sulfide) groups is 1. The highest BCUT2D eigenvalue weighted by Crippen LogP contribution is 2.29. The number of hydrogen-bond donors (Lipinski definition) is 0. The van der Waals surface area contributed by atoms with Gasteiger partial charge in [0.05, 0.1) is 11.4 Å². The van der Waals surface area contributed by atoms with Gasteiger partial charge in [0, 0.05) is 21.0 Å². The second-order valence-electron chi connectivity index (χ2n) is 5.15. The number of hydrogen-bond acceptors (Lipinski definition) is 2. The van der Waals surface area contributed by atoms with Crippen LogP contribution in [0.4, 0.5) is 0 Å². The zero-order valence-corrected chi connectivity index (χ0v) is 14.1. The lowest BCUT2D eigenvalue weighted by Crippen LogP contribution is -1.90. The fourth-order valence-corrected chi connectivity index (χ4v) is 2.85. The largest absolute Gasteiger partial charge is 0.248 e. The monoisotopic (exact) mass is 325 g/mol. The van der Waals surface area contributed by atoms with Crippen LogP contribution in [-0.2, 0) is 0 Å². The number of rotatable bonds is 3. The van der Waals surface area contributed by atoms with Gasteiger partial charge in [-0.25, -0.2) is 4.98 Å². The molecule has 0 N–H and O–H groups in total. The molecule has 3 rings (SSSR count). The molecule has 0 bridgehead atoms. The first-order chi connectivity index (χ1) is 10.7. The molecule has 0 fully saturated rings. The van der Waals surface area contributed by atoms with Gasteiger partial charge in [0.25, 0.3) is 0 Å². The van der Waals surface area contributed by atoms with Crippen molar-refractivity contribution < 1.29 is 0 Å². The van der Waals surface area contributed by atoms with E-state index in [-0.39, 0.29) is 0 Å². The van der Waals surface area contributed by atoms with Crippen molar-refractivity contribution in [3.8, 4) is 22.5 Å². The maximum absolute atomic E-state index is 5.98. The van der Waals surface area contributed by atoms with Gasteiger partial charge in [-0.05, 0) is 37.4 Å². The highest BCUT2D eigenvalue weighted by atomic mass is 35.5. The highest BCUT2D eigenvalue weighted by molar-refractivity contribution is 7.98. The van der Waals surface area contributed by atoms with Crippen molar-refractivity contribution >= 4 is 23.4 Å². The fraction of sp³-hybridized carbons (Fsp3) is 0.105. The molecular weight excluding hydrogens is 310 g/mol. The van der Waals surface area contributed by atoms with E-state index in [1.807, 2.05) is 24.3 Å². The third-order valence-electron chi connectivity index (χ3n) is 3.52. The summed E-state index contributed by atoms with van der Waals surface area (Å²) in [7, 11) is 0. The van der Waals surface area contributed by atoms with Gasteiger partial charge in [0.15, 0.2) is 0 Å². The molecule has 0 saturated carbocycles. The maximum Gasteiger partial charge on any atom is 0.0720 e. The van der Waals surface area contributed by atoms with Gasteiger partial charge in [-0.3, -0.25) is 0 Å². The summed E-state index contributed by atoms with van der Waals surface area (Å²) in [5.41, 5.74) is 5.43. The molecule has 0 unspecified atom stereocenters. The fourth-order valence-electron chi connectivity index (χ4n) is 2.26. The third-order valence-corrected chi connectivity index (χ3v) is 4.48. The summed E-state index contributed by atoms with van der Waals surface area (Å²) in [5, 5.41) is 0.739. The van der Waals surface area contributed by atoms with Gasteiger partial charge >= 0.3 is 0 Å². The van der Waals surface area contributed by atoms with E-state index in [4.69, 9.17) is 16.6 Å². The highest BCUT2D eigenvalue weighted by Gasteiger charge is 2.07. The van der Waals surface area contributed by atoms with Crippen LogP contribution < -0.4 is 0 Å². The van der Waals surface area contributed by atoms with E-state index in [1.165, 1.54) is 10.5 Å². The Morgan fingerprint density at radius 3 is 1.82 bits per heavy atom. The molecule has 0 saturated heterocycles. The molecule has 0 atom stereocenters.